The molecule has 1 aromatic heterocycles. The van der Waals surface area contributed by atoms with Crippen LogP contribution in [0.4, 0.5) is 0 Å². The molecule has 3 aromatic rings. The second-order valence-corrected chi connectivity index (χ2v) is 5.48. The lowest BCUT2D eigenvalue weighted by Gasteiger charge is -2.05. The normalized spacial score (nSPS) is 10.9. The molecule has 20 heavy (non-hydrogen) atoms. The summed E-state index contributed by atoms with van der Waals surface area (Å²) in [5.41, 5.74) is 2.89. The third-order valence-corrected chi connectivity index (χ3v) is 4.05. The Balaban J connectivity index is 2.16. The number of halogens is 2. The van der Waals surface area contributed by atoms with Gasteiger partial charge in [-0.15, -0.1) is 0 Å². The molecule has 0 aliphatic carbocycles. The van der Waals surface area contributed by atoms with Crippen LogP contribution in [-0.4, -0.2) is 10.8 Å². The molecule has 2 aromatic carbocycles. The van der Waals surface area contributed by atoms with Gasteiger partial charge in [-0.2, -0.15) is 0 Å². The van der Waals surface area contributed by atoms with E-state index in [2.05, 4.69) is 4.98 Å². The number of aromatic nitrogens is 1. The largest absolute Gasteiger partial charge is 0.360 e. The molecular formula is C16H11Cl2NO. The van der Waals surface area contributed by atoms with Crippen molar-refractivity contribution >= 4 is 39.9 Å². The zero-order chi connectivity index (χ0) is 14.3. The van der Waals surface area contributed by atoms with Crippen LogP contribution in [0.15, 0.2) is 42.6 Å². The zero-order valence-electron chi connectivity index (χ0n) is 10.7. The van der Waals surface area contributed by atoms with Crippen LogP contribution in [0, 0.1) is 6.92 Å². The Hall–Kier alpha value is -1.77. The highest BCUT2D eigenvalue weighted by Crippen LogP contribution is 2.26. The summed E-state index contributed by atoms with van der Waals surface area (Å²) >= 11 is 12.0. The van der Waals surface area contributed by atoms with Gasteiger partial charge in [0.25, 0.3) is 0 Å². The molecule has 1 heterocycles. The van der Waals surface area contributed by atoms with E-state index >= 15 is 0 Å². The van der Waals surface area contributed by atoms with E-state index in [1.165, 1.54) is 0 Å². The monoisotopic (exact) mass is 303 g/mol. The van der Waals surface area contributed by atoms with Gasteiger partial charge in [0.1, 0.15) is 0 Å². The van der Waals surface area contributed by atoms with Crippen LogP contribution in [0.5, 0.6) is 0 Å². The first-order valence-corrected chi connectivity index (χ1v) is 6.90. The number of ketones is 1. The fourth-order valence-corrected chi connectivity index (χ4v) is 2.63. The summed E-state index contributed by atoms with van der Waals surface area (Å²) in [5.74, 6) is -0.0430. The summed E-state index contributed by atoms with van der Waals surface area (Å²) in [4.78, 5) is 15.7. The van der Waals surface area contributed by atoms with Gasteiger partial charge >= 0.3 is 0 Å². The molecule has 0 spiro atoms. The SMILES string of the molecule is Cc1c(Cl)cccc1C(=O)c1c[nH]c2cc(Cl)ccc12. The van der Waals surface area contributed by atoms with Gasteiger partial charge < -0.3 is 4.98 Å². The number of hydrogen-bond acceptors (Lipinski definition) is 1. The molecule has 3 rings (SSSR count). The molecule has 0 saturated carbocycles. The average molecular weight is 304 g/mol. The van der Waals surface area contributed by atoms with Crippen molar-refractivity contribution < 1.29 is 4.79 Å². The fourth-order valence-electron chi connectivity index (χ4n) is 2.28. The molecule has 0 radical (unpaired) electrons. The van der Waals surface area contributed by atoms with Crippen LogP contribution < -0.4 is 0 Å². The minimum Gasteiger partial charge on any atom is -0.360 e. The van der Waals surface area contributed by atoms with Crippen molar-refractivity contribution in [3.63, 3.8) is 0 Å². The molecule has 100 valence electrons. The van der Waals surface area contributed by atoms with Crippen LogP contribution in [0.1, 0.15) is 21.5 Å². The number of nitrogens with one attached hydrogen (secondary N) is 1. The van der Waals surface area contributed by atoms with Crippen molar-refractivity contribution in [2.75, 3.05) is 0 Å². The van der Waals surface area contributed by atoms with E-state index in [0.717, 1.165) is 16.5 Å². The van der Waals surface area contributed by atoms with Crippen molar-refractivity contribution in [3.05, 3.63) is 69.3 Å². The van der Waals surface area contributed by atoms with E-state index in [1.54, 1.807) is 36.5 Å². The van der Waals surface area contributed by atoms with Gasteiger partial charge in [-0.1, -0.05) is 41.4 Å². The maximum absolute atomic E-state index is 12.7. The fraction of sp³-hybridized carbons (Fsp3) is 0.0625. The van der Waals surface area contributed by atoms with E-state index in [1.807, 2.05) is 13.0 Å². The highest BCUT2D eigenvalue weighted by atomic mass is 35.5. The van der Waals surface area contributed by atoms with E-state index in [9.17, 15) is 4.79 Å². The molecule has 1 N–H and O–H groups in total. The van der Waals surface area contributed by atoms with Crippen LogP contribution in [0.25, 0.3) is 10.9 Å². The third kappa shape index (κ3) is 2.11. The predicted molar refractivity (Wildman–Crippen MR) is 82.9 cm³/mol. The second-order valence-electron chi connectivity index (χ2n) is 4.63. The maximum atomic E-state index is 12.7. The lowest BCUT2D eigenvalue weighted by Crippen LogP contribution is -2.03. The van der Waals surface area contributed by atoms with Gasteiger partial charge in [0, 0.05) is 38.3 Å². The summed E-state index contributed by atoms with van der Waals surface area (Å²) in [6.07, 6.45) is 1.71. The van der Waals surface area contributed by atoms with Crippen molar-refractivity contribution in [1.29, 1.82) is 0 Å². The standard InChI is InChI=1S/C16H11Cl2NO/c1-9-11(3-2-4-14(9)18)16(20)13-8-19-15-7-10(17)5-6-12(13)15/h2-8,19H,1H3. The summed E-state index contributed by atoms with van der Waals surface area (Å²) in [5, 5.41) is 2.09. The number of carbonyl (C=O) groups is 1. The van der Waals surface area contributed by atoms with Gasteiger partial charge in [-0.05, 0) is 30.7 Å². The predicted octanol–water partition coefficient (Wildman–Crippen LogP) is 5.01. The topological polar surface area (TPSA) is 32.9 Å². The number of benzene rings is 2. The van der Waals surface area contributed by atoms with Gasteiger partial charge in [-0.25, -0.2) is 0 Å². The number of hydrogen-bond donors (Lipinski definition) is 1. The summed E-state index contributed by atoms with van der Waals surface area (Å²) in [6, 6.07) is 10.8. The molecule has 4 heteroatoms. The molecule has 0 saturated heterocycles. The van der Waals surface area contributed by atoms with Crippen LogP contribution in [-0.2, 0) is 0 Å². The number of aromatic amines is 1. The quantitative estimate of drug-likeness (QED) is 0.663. The highest BCUT2D eigenvalue weighted by Gasteiger charge is 2.17. The summed E-state index contributed by atoms with van der Waals surface area (Å²) < 4.78 is 0. The summed E-state index contributed by atoms with van der Waals surface area (Å²) in [7, 11) is 0. The third-order valence-electron chi connectivity index (χ3n) is 3.40. The molecule has 0 amide bonds. The first kappa shape index (κ1) is 13.2. The molecule has 0 fully saturated rings. The lowest BCUT2D eigenvalue weighted by atomic mass is 9.99. The minimum absolute atomic E-state index is 0.0430. The van der Waals surface area contributed by atoms with Crippen molar-refractivity contribution in [3.8, 4) is 0 Å². The Morgan fingerprint density at radius 2 is 1.90 bits per heavy atom. The molecule has 0 aliphatic rings. The Morgan fingerprint density at radius 1 is 1.10 bits per heavy atom. The number of carbonyl (C=O) groups excluding carboxylic acids is 1. The van der Waals surface area contributed by atoms with Gasteiger partial charge in [-0.3, -0.25) is 4.79 Å². The first-order chi connectivity index (χ1) is 9.58. The van der Waals surface area contributed by atoms with E-state index < -0.39 is 0 Å². The molecule has 2 nitrogen and oxygen atoms in total. The Labute approximate surface area is 126 Å². The smallest absolute Gasteiger partial charge is 0.195 e. The Kier molecular flexibility index (Phi) is 3.28. The van der Waals surface area contributed by atoms with Crippen LogP contribution in [0.3, 0.4) is 0 Å². The Morgan fingerprint density at radius 3 is 2.70 bits per heavy atom. The average Bonchev–Trinajstić information content (AvgIpc) is 2.84. The molecule has 0 atom stereocenters. The summed E-state index contributed by atoms with van der Waals surface area (Å²) in [6.45, 7) is 1.85. The van der Waals surface area contributed by atoms with Gasteiger partial charge in [0.05, 0.1) is 0 Å². The zero-order valence-corrected chi connectivity index (χ0v) is 12.2. The van der Waals surface area contributed by atoms with E-state index in [-0.39, 0.29) is 5.78 Å². The highest BCUT2D eigenvalue weighted by molar-refractivity contribution is 6.32. The number of fused-ring (bicyclic) bond motifs is 1. The van der Waals surface area contributed by atoms with Crippen LogP contribution in [0.2, 0.25) is 10.0 Å². The van der Waals surface area contributed by atoms with Gasteiger partial charge in [0.2, 0.25) is 0 Å². The number of rotatable bonds is 2. The Bertz CT molecular complexity index is 820. The molecule has 0 unspecified atom stereocenters. The van der Waals surface area contributed by atoms with Crippen molar-refractivity contribution in [1.82, 2.24) is 4.98 Å². The maximum Gasteiger partial charge on any atom is 0.195 e. The minimum atomic E-state index is -0.0430. The molecule has 0 bridgehead atoms. The molecular weight excluding hydrogens is 293 g/mol. The van der Waals surface area contributed by atoms with Crippen molar-refractivity contribution in [2.45, 2.75) is 6.92 Å². The lowest BCUT2D eigenvalue weighted by molar-refractivity contribution is 0.104. The van der Waals surface area contributed by atoms with Gasteiger partial charge in [0.15, 0.2) is 5.78 Å². The first-order valence-electron chi connectivity index (χ1n) is 6.14. The second kappa shape index (κ2) is 4.97. The number of H-pyrrole nitrogens is 1. The van der Waals surface area contributed by atoms with Crippen molar-refractivity contribution in [2.24, 2.45) is 0 Å². The van der Waals surface area contributed by atoms with E-state index in [4.69, 9.17) is 23.2 Å². The van der Waals surface area contributed by atoms with E-state index in [0.29, 0.717) is 21.2 Å². The molecule has 0 aliphatic heterocycles. The van der Waals surface area contributed by atoms with Crippen LogP contribution >= 0.6 is 23.2 Å².